The Labute approximate surface area is 259 Å². The lowest BCUT2D eigenvalue weighted by Gasteiger charge is -2.32. The van der Waals surface area contributed by atoms with Crippen LogP contribution in [0.15, 0.2) is 18.2 Å². The van der Waals surface area contributed by atoms with Gasteiger partial charge in [0.05, 0.1) is 11.4 Å². The number of rotatable bonds is 4. The SMILES string of the molecule is CN1CCN(C(=O)c2cc3c([nH]2)C(=O)CCC3)CC1.CN1CCN(C(=O)c2cc3c([nH]2)C(OS(=O)(=O)C(F)(F)F)=CCC3)CC1. The molecule has 6 rings (SSSR count). The molecule has 0 aromatic carbocycles. The van der Waals surface area contributed by atoms with E-state index >= 15 is 0 Å². The second-order valence-electron chi connectivity index (χ2n) is 11.7. The number of hydrogen-bond donors (Lipinski definition) is 2. The molecular formula is C29H37F3N6O6S. The molecule has 0 unspecified atom stereocenters. The minimum atomic E-state index is -5.77. The van der Waals surface area contributed by atoms with Gasteiger partial charge in [0.1, 0.15) is 11.4 Å². The van der Waals surface area contributed by atoms with Gasteiger partial charge >= 0.3 is 15.6 Å². The van der Waals surface area contributed by atoms with E-state index in [2.05, 4.69) is 31.0 Å². The van der Waals surface area contributed by atoms with Crippen LogP contribution in [0.1, 0.15) is 67.5 Å². The van der Waals surface area contributed by atoms with Crippen LogP contribution in [0.4, 0.5) is 13.2 Å². The fraction of sp³-hybridized carbons (Fsp3) is 0.552. The number of halogens is 3. The molecule has 0 radical (unpaired) electrons. The summed E-state index contributed by atoms with van der Waals surface area (Å²) in [7, 11) is -1.75. The van der Waals surface area contributed by atoms with Crippen LogP contribution in [0.25, 0.3) is 5.76 Å². The number of aromatic nitrogens is 2. The van der Waals surface area contributed by atoms with Crippen molar-refractivity contribution in [3.63, 3.8) is 0 Å². The molecule has 0 atom stereocenters. The van der Waals surface area contributed by atoms with Gasteiger partial charge in [-0.15, -0.1) is 0 Å². The number of Topliss-reactive ketones (excluding diaryl/α,β-unsaturated/α-hetero) is 1. The molecule has 4 aliphatic rings. The number of nitrogens with one attached hydrogen (secondary N) is 2. The van der Waals surface area contributed by atoms with Crippen LogP contribution in [-0.4, -0.2) is 128 Å². The van der Waals surface area contributed by atoms with Gasteiger partial charge in [-0.05, 0) is 69.1 Å². The molecule has 2 aromatic rings. The molecule has 2 N–H and O–H groups in total. The van der Waals surface area contributed by atoms with Crippen LogP contribution in [0.2, 0.25) is 0 Å². The Bertz CT molecular complexity index is 1580. The zero-order chi connectivity index (χ0) is 32.5. The number of likely N-dealkylation sites (N-methyl/N-ethyl adjacent to an activating group) is 2. The average Bonchev–Trinajstić information content (AvgIpc) is 3.63. The lowest BCUT2D eigenvalue weighted by atomic mass is 9.97. The number of ketones is 1. The van der Waals surface area contributed by atoms with Crippen molar-refractivity contribution in [3.05, 3.63) is 52.1 Å². The number of H-pyrrole nitrogens is 2. The Morgan fingerprint density at radius 1 is 0.778 bits per heavy atom. The van der Waals surface area contributed by atoms with Crippen LogP contribution >= 0.6 is 0 Å². The first-order valence-electron chi connectivity index (χ1n) is 14.9. The van der Waals surface area contributed by atoms with Crippen molar-refractivity contribution < 1.29 is 40.2 Å². The van der Waals surface area contributed by atoms with E-state index in [0.717, 1.165) is 57.7 Å². The number of allylic oxidation sites excluding steroid dienone is 1. The third-order valence-electron chi connectivity index (χ3n) is 8.44. The van der Waals surface area contributed by atoms with Gasteiger partial charge in [-0.1, -0.05) is 0 Å². The third kappa shape index (κ3) is 7.28. The fourth-order valence-electron chi connectivity index (χ4n) is 5.71. The second-order valence-corrected chi connectivity index (χ2v) is 13.3. The summed E-state index contributed by atoms with van der Waals surface area (Å²) in [5.41, 5.74) is -2.42. The molecule has 12 nitrogen and oxygen atoms in total. The number of nitrogens with zero attached hydrogens (tertiary/aromatic N) is 4. The summed E-state index contributed by atoms with van der Waals surface area (Å²) in [5.74, 6) is -0.541. The Kier molecular flexibility index (Phi) is 9.46. The molecule has 0 spiro atoms. The summed E-state index contributed by atoms with van der Waals surface area (Å²) in [6.45, 7) is 5.87. The van der Waals surface area contributed by atoms with Gasteiger partial charge in [-0.3, -0.25) is 14.4 Å². The van der Waals surface area contributed by atoms with Crippen LogP contribution < -0.4 is 0 Å². The van der Waals surface area contributed by atoms with E-state index in [-0.39, 0.29) is 29.0 Å². The van der Waals surface area contributed by atoms with Gasteiger partial charge < -0.3 is 33.8 Å². The molecule has 246 valence electrons. The second kappa shape index (κ2) is 13.0. The first-order chi connectivity index (χ1) is 21.2. The Balaban J connectivity index is 0.000000186. The summed E-state index contributed by atoms with van der Waals surface area (Å²) in [5, 5.41) is 0. The number of alkyl halides is 3. The molecule has 2 aliphatic carbocycles. The third-order valence-corrected chi connectivity index (χ3v) is 9.41. The van der Waals surface area contributed by atoms with Crippen LogP contribution in [0.5, 0.6) is 0 Å². The summed E-state index contributed by atoms with van der Waals surface area (Å²) < 4.78 is 64.5. The average molecular weight is 655 g/mol. The Morgan fingerprint density at radius 3 is 1.76 bits per heavy atom. The molecule has 2 aromatic heterocycles. The molecule has 2 aliphatic heterocycles. The fourth-order valence-corrected chi connectivity index (χ4v) is 6.20. The van der Waals surface area contributed by atoms with E-state index in [1.807, 2.05) is 18.0 Å². The monoisotopic (exact) mass is 654 g/mol. The number of hydrogen-bond acceptors (Lipinski definition) is 8. The smallest absolute Gasteiger partial charge is 0.374 e. The largest absolute Gasteiger partial charge is 0.534 e. The molecule has 2 saturated heterocycles. The maximum absolute atomic E-state index is 12.6. The first-order valence-corrected chi connectivity index (χ1v) is 16.3. The zero-order valence-electron chi connectivity index (χ0n) is 25.2. The highest BCUT2D eigenvalue weighted by atomic mass is 32.2. The number of piperazine rings is 2. The molecule has 16 heteroatoms. The lowest BCUT2D eigenvalue weighted by molar-refractivity contribution is -0.0509. The Morgan fingerprint density at radius 2 is 1.27 bits per heavy atom. The van der Waals surface area contributed by atoms with E-state index in [0.29, 0.717) is 49.3 Å². The number of aromatic amines is 2. The zero-order valence-corrected chi connectivity index (χ0v) is 26.0. The highest BCUT2D eigenvalue weighted by molar-refractivity contribution is 7.87. The van der Waals surface area contributed by atoms with Crippen molar-refractivity contribution in [1.82, 2.24) is 29.6 Å². The summed E-state index contributed by atoms with van der Waals surface area (Å²) >= 11 is 0. The Hall–Kier alpha value is -3.63. The van der Waals surface area contributed by atoms with Crippen LogP contribution in [0.3, 0.4) is 0 Å². The van der Waals surface area contributed by atoms with E-state index < -0.39 is 21.4 Å². The number of fused-ring (bicyclic) bond motifs is 2. The molecule has 4 heterocycles. The van der Waals surface area contributed by atoms with E-state index in [1.165, 1.54) is 6.08 Å². The van der Waals surface area contributed by atoms with Crippen molar-refractivity contribution in [1.29, 1.82) is 0 Å². The normalized spacial score (nSPS) is 19.7. The van der Waals surface area contributed by atoms with Gasteiger partial charge in [0.2, 0.25) is 0 Å². The number of amides is 2. The van der Waals surface area contributed by atoms with Crippen molar-refractivity contribution >= 4 is 33.5 Å². The quantitative estimate of drug-likeness (QED) is 0.379. The van der Waals surface area contributed by atoms with Gasteiger partial charge in [-0.2, -0.15) is 21.6 Å². The molecule has 0 saturated carbocycles. The van der Waals surface area contributed by atoms with Gasteiger partial charge in [0.25, 0.3) is 11.8 Å². The van der Waals surface area contributed by atoms with Crippen molar-refractivity contribution in [2.75, 3.05) is 66.5 Å². The number of carbonyl (C=O) groups is 3. The topological polar surface area (TPSA) is 139 Å². The first kappa shape index (κ1) is 32.8. The van der Waals surface area contributed by atoms with Crippen molar-refractivity contribution in [3.8, 4) is 0 Å². The van der Waals surface area contributed by atoms with E-state index in [9.17, 15) is 36.0 Å². The maximum atomic E-state index is 12.6. The van der Waals surface area contributed by atoms with Gasteiger partial charge in [0.15, 0.2) is 11.5 Å². The number of carbonyl (C=O) groups excluding carboxylic acids is 3. The number of aryl methyl sites for hydroxylation is 2. The van der Waals surface area contributed by atoms with Crippen molar-refractivity contribution in [2.24, 2.45) is 0 Å². The molecule has 2 amide bonds. The summed E-state index contributed by atoms with van der Waals surface area (Å²) in [6, 6.07) is 3.42. The summed E-state index contributed by atoms with van der Waals surface area (Å²) in [4.78, 5) is 50.3. The summed E-state index contributed by atoms with van der Waals surface area (Å²) in [6.07, 6.45) is 4.44. The highest BCUT2D eigenvalue weighted by Gasteiger charge is 2.49. The van der Waals surface area contributed by atoms with Gasteiger partial charge in [0, 0.05) is 58.8 Å². The van der Waals surface area contributed by atoms with E-state index in [1.54, 1.807) is 11.0 Å². The minimum absolute atomic E-state index is 0.0234. The highest BCUT2D eigenvalue weighted by Crippen LogP contribution is 2.34. The minimum Gasteiger partial charge on any atom is -0.374 e. The molecule has 0 bridgehead atoms. The molecular weight excluding hydrogens is 617 g/mol. The molecule has 2 fully saturated rings. The van der Waals surface area contributed by atoms with Crippen LogP contribution in [0, 0.1) is 0 Å². The standard InChI is InChI=1S/C15H18F3N3O4S.C14H19N3O2/c1-20-5-7-21(8-6-20)14(22)11-9-10-3-2-4-12(13(10)19-11)25-26(23,24)15(16,17)18;1-16-5-7-17(8-6-16)14(19)11-9-10-3-2-4-12(18)13(10)15-11/h4,9,19H,2-3,5-8H2,1H3;9,15H,2-8H2,1H3. The van der Waals surface area contributed by atoms with Crippen molar-refractivity contribution in [2.45, 2.75) is 37.6 Å². The lowest BCUT2D eigenvalue weighted by Crippen LogP contribution is -2.47. The predicted molar refractivity (Wildman–Crippen MR) is 158 cm³/mol. The molecule has 45 heavy (non-hydrogen) atoms. The predicted octanol–water partition coefficient (Wildman–Crippen LogP) is 2.48. The van der Waals surface area contributed by atoms with Crippen LogP contribution in [-0.2, 0) is 27.1 Å². The maximum Gasteiger partial charge on any atom is 0.534 e. The van der Waals surface area contributed by atoms with E-state index in [4.69, 9.17) is 0 Å². The van der Waals surface area contributed by atoms with Gasteiger partial charge in [-0.25, -0.2) is 0 Å².